The average Bonchev–Trinajstić information content (AvgIpc) is 3.28. The Labute approximate surface area is 129 Å². The molecule has 1 aromatic rings. The van der Waals surface area contributed by atoms with Crippen molar-refractivity contribution in [2.45, 2.75) is 45.2 Å². The Kier molecular flexibility index (Phi) is 4.77. The first-order chi connectivity index (χ1) is 10.3. The maximum absolute atomic E-state index is 3.89. The van der Waals surface area contributed by atoms with Crippen LogP contribution in [0.2, 0.25) is 0 Å². The van der Waals surface area contributed by atoms with E-state index in [9.17, 15) is 0 Å². The van der Waals surface area contributed by atoms with Crippen molar-refractivity contribution < 1.29 is 0 Å². The van der Waals surface area contributed by atoms with Gasteiger partial charge < -0.3 is 10.2 Å². The van der Waals surface area contributed by atoms with Crippen molar-refractivity contribution in [2.75, 3.05) is 19.6 Å². The van der Waals surface area contributed by atoms with Crippen LogP contribution in [0.1, 0.15) is 38.7 Å². The molecule has 0 spiro atoms. The van der Waals surface area contributed by atoms with E-state index in [0.29, 0.717) is 0 Å². The fourth-order valence-electron chi connectivity index (χ4n) is 3.52. The minimum atomic E-state index is 0.725. The summed E-state index contributed by atoms with van der Waals surface area (Å²) in [5, 5.41) is 3.89. The Balaban J connectivity index is 1.47. The number of likely N-dealkylation sites (tertiary alicyclic amines) is 1. The van der Waals surface area contributed by atoms with E-state index in [2.05, 4.69) is 60.5 Å². The Hall–Kier alpha value is -1.12. The van der Waals surface area contributed by atoms with Gasteiger partial charge in [-0.15, -0.1) is 0 Å². The molecule has 2 atom stereocenters. The predicted octanol–water partition coefficient (Wildman–Crippen LogP) is 3.55. The van der Waals surface area contributed by atoms with Crippen LogP contribution in [0.4, 0.5) is 0 Å². The van der Waals surface area contributed by atoms with E-state index in [1.807, 2.05) is 0 Å². The van der Waals surface area contributed by atoms with Gasteiger partial charge in [0.05, 0.1) is 0 Å². The highest BCUT2D eigenvalue weighted by Crippen LogP contribution is 2.38. The van der Waals surface area contributed by atoms with Gasteiger partial charge in [0, 0.05) is 12.1 Å². The van der Waals surface area contributed by atoms with Gasteiger partial charge in [-0.25, -0.2) is 0 Å². The molecule has 2 fully saturated rings. The summed E-state index contributed by atoms with van der Waals surface area (Å²) in [4.78, 5) is 2.56. The van der Waals surface area contributed by atoms with Gasteiger partial charge in [-0.1, -0.05) is 48.9 Å². The highest BCUT2D eigenvalue weighted by Gasteiger charge is 2.39. The molecule has 2 aliphatic rings. The van der Waals surface area contributed by atoms with Crippen molar-refractivity contribution in [1.29, 1.82) is 0 Å². The molecule has 1 aromatic carbocycles. The van der Waals surface area contributed by atoms with Gasteiger partial charge in [0.15, 0.2) is 0 Å². The molecule has 114 valence electrons. The monoisotopic (exact) mass is 284 g/mol. The van der Waals surface area contributed by atoms with Gasteiger partial charge >= 0.3 is 0 Å². The number of rotatable bonds is 5. The van der Waals surface area contributed by atoms with Gasteiger partial charge in [0.2, 0.25) is 0 Å². The lowest BCUT2D eigenvalue weighted by molar-refractivity contribution is 0.205. The molecule has 1 saturated heterocycles. The van der Waals surface area contributed by atoms with Crippen molar-refractivity contribution >= 4 is 6.08 Å². The molecule has 2 nitrogen and oxygen atoms in total. The van der Waals surface area contributed by atoms with Crippen LogP contribution >= 0.6 is 0 Å². The number of benzene rings is 1. The molecule has 0 bridgehead atoms. The molecular formula is C19H28N2. The minimum Gasteiger partial charge on any atom is -0.311 e. The minimum absolute atomic E-state index is 0.725. The van der Waals surface area contributed by atoms with E-state index in [0.717, 1.165) is 18.0 Å². The summed E-state index contributed by atoms with van der Waals surface area (Å²) in [5.41, 5.74) is 2.86. The van der Waals surface area contributed by atoms with Crippen LogP contribution in [-0.4, -0.2) is 36.6 Å². The van der Waals surface area contributed by atoms with E-state index in [1.165, 1.54) is 50.0 Å². The van der Waals surface area contributed by atoms with Gasteiger partial charge in [0.25, 0.3) is 0 Å². The Bertz CT molecular complexity index is 472. The highest BCUT2D eigenvalue weighted by molar-refractivity contribution is 5.53. The van der Waals surface area contributed by atoms with E-state index in [1.54, 1.807) is 0 Å². The quantitative estimate of drug-likeness (QED) is 0.889. The maximum atomic E-state index is 3.89. The van der Waals surface area contributed by atoms with Crippen LogP contribution in [0.5, 0.6) is 0 Å². The number of hydrogen-bond acceptors (Lipinski definition) is 2. The Morgan fingerprint density at radius 2 is 1.95 bits per heavy atom. The third kappa shape index (κ3) is 3.96. The van der Waals surface area contributed by atoms with Crippen molar-refractivity contribution in [1.82, 2.24) is 10.2 Å². The molecule has 1 heterocycles. The van der Waals surface area contributed by atoms with Crippen LogP contribution in [-0.2, 0) is 0 Å². The lowest BCUT2D eigenvalue weighted by Crippen LogP contribution is -2.43. The number of piperidine rings is 1. The lowest BCUT2D eigenvalue weighted by atomic mass is 10.0. The zero-order valence-corrected chi connectivity index (χ0v) is 13.4. The molecule has 1 N–H and O–H groups in total. The third-order valence-electron chi connectivity index (χ3n) is 5.05. The van der Waals surface area contributed by atoms with Crippen LogP contribution in [0.3, 0.4) is 0 Å². The Morgan fingerprint density at radius 3 is 2.62 bits per heavy atom. The fraction of sp³-hybridized carbons (Fsp3) is 0.579. The topological polar surface area (TPSA) is 15.3 Å². The normalized spacial score (nSPS) is 27.8. The molecule has 0 unspecified atom stereocenters. The van der Waals surface area contributed by atoms with Crippen LogP contribution in [0, 0.1) is 5.92 Å². The number of nitrogens with one attached hydrogen (secondary N) is 1. The molecule has 1 aliphatic carbocycles. The first-order valence-electron chi connectivity index (χ1n) is 8.48. The second-order valence-corrected chi connectivity index (χ2v) is 6.62. The fourth-order valence-corrected chi connectivity index (χ4v) is 3.52. The average molecular weight is 284 g/mol. The lowest BCUT2D eigenvalue weighted by Gasteiger charge is -2.31. The van der Waals surface area contributed by atoms with Crippen molar-refractivity contribution in [2.24, 2.45) is 5.92 Å². The number of hydrogen-bond donors (Lipinski definition) is 1. The molecule has 2 heteroatoms. The first-order valence-corrected chi connectivity index (χ1v) is 8.48. The largest absolute Gasteiger partial charge is 0.311 e. The summed E-state index contributed by atoms with van der Waals surface area (Å²) in [6, 6.07) is 12.2. The predicted molar refractivity (Wildman–Crippen MR) is 90.3 cm³/mol. The second-order valence-electron chi connectivity index (χ2n) is 6.62. The van der Waals surface area contributed by atoms with E-state index < -0.39 is 0 Å². The SMILES string of the molecule is CCN1CCC(N[C@@H]2C[C@H]2C(C)=Cc2ccccc2)CC1. The van der Waals surface area contributed by atoms with Gasteiger partial charge in [-0.3, -0.25) is 0 Å². The summed E-state index contributed by atoms with van der Waals surface area (Å²) in [5.74, 6) is 0.759. The molecular weight excluding hydrogens is 256 g/mol. The molecule has 21 heavy (non-hydrogen) atoms. The Morgan fingerprint density at radius 1 is 1.24 bits per heavy atom. The first kappa shape index (κ1) is 14.8. The molecule has 0 amide bonds. The summed E-state index contributed by atoms with van der Waals surface area (Å²) >= 11 is 0. The zero-order valence-electron chi connectivity index (χ0n) is 13.4. The molecule has 0 radical (unpaired) electrons. The molecule has 1 saturated carbocycles. The van der Waals surface area contributed by atoms with E-state index >= 15 is 0 Å². The highest BCUT2D eigenvalue weighted by atomic mass is 15.1. The number of nitrogens with zero attached hydrogens (tertiary/aromatic N) is 1. The summed E-state index contributed by atoms with van der Waals surface area (Å²) in [6.07, 6.45) is 6.31. The molecule has 0 aromatic heterocycles. The second kappa shape index (κ2) is 6.76. The smallest absolute Gasteiger partial charge is 0.0142 e. The van der Waals surface area contributed by atoms with Crippen molar-refractivity contribution in [3.63, 3.8) is 0 Å². The summed E-state index contributed by atoms with van der Waals surface area (Å²) in [7, 11) is 0. The molecule has 3 rings (SSSR count). The van der Waals surface area contributed by atoms with Crippen LogP contribution < -0.4 is 5.32 Å². The summed E-state index contributed by atoms with van der Waals surface area (Å²) < 4.78 is 0. The van der Waals surface area contributed by atoms with E-state index in [4.69, 9.17) is 0 Å². The van der Waals surface area contributed by atoms with Crippen molar-refractivity contribution in [3.8, 4) is 0 Å². The van der Waals surface area contributed by atoms with Crippen LogP contribution in [0.15, 0.2) is 35.9 Å². The third-order valence-corrected chi connectivity index (χ3v) is 5.05. The standard InChI is InChI=1S/C19H28N2/c1-3-21-11-9-17(10-12-21)20-19-14-18(19)15(2)13-16-7-5-4-6-8-16/h4-8,13,17-20H,3,9-12,14H2,1-2H3/t18-,19+/m0/s1. The molecule has 1 aliphatic heterocycles. The maximum Gasteiger partial charge on any atom is 0.0142 e. The van der Waals surface area contributed by atoms with Gasteiger partial charge in [-0.2, -0.15) is 0 Å². The van der Waals surface area contributed by atoms with Gasteiger partial charge in [-0.05, 0) is 57.3 Å². The zero-order chi connectivity index (χ0) is 14.7. The van der Waals surface area contributed by atoms with E-state index in [-0.39, 0.29) is 0 Å². The summed E-state index contributed by atoms with van der Waals surface area (Å²) in [6.45, 7) is 8.30. The van der Waals surface area contributed by atoms with Gasteiger partial charge in [0.1, 0.15) is 0 Å². The van der Waals surface area contributed by atoms with Crippen LogP contribution in [0.25, 0.3) is 6.08 Å². The van der Waals surface area contributed by atoms with Crippen molar-refractivity contribution in [3.05, 3.63) is 41.5 Å².